The van der Waals surface area contributed by atoms with Crippen molar-refractivity contribution in [2.45, 2.75) is 64.3 Å². The number of benzene rings is 1. The van der Waals surface area contributed by atoms with E-state index in [9.17, 15) is 13.2 Å². The summed E-state index contributed by atoms with van der Waals surface area (Å²) in [5.41, 5.74) is 0.718. The Morgan fingerprint density at radius 3 is 2.53 bits per heavy atom. The Morgan fingerprint density at radius 1 is 1.13 bits per heavy atom. The maximum atomic E-state index is 13.5. The fourth-order valence-corrected chi connectivity index (χ4v) is 6.33. The summed E-state index contributed by atoms with van der Waals surface area (Å²) in [6.07, 6.45) is 5.01. The van der Waals surface area contributed by atoms with E-state index in [1.807, 2.05) is 0 Å². The highest BCUT2D eigenvalue weighted by Crippen LogP contribution is 2.45. The molecule has 0 radical (unpaired) electrons. The van der Waals surface area contributed by atoms with Crippen LogP contribution in [0.1, 0.15) is 62.9 Å². The third-order valence-corrected chi connectivity index (χ3v) is 9.01. The maximum Gasteiger partial charge on any atom is 0.268 e. The average molecular weight is 538 g/mol. The van der Waals surface area contributed by atoms with Crippen LogP contribution in [0.25, 0.3) is 5.82 Å². The normalized spacial score (nSPS) is 19.8. The summed E-state index contributed by atoms with van der Waals surface area (Å²) in [6.45, 7) is 11.6. The standard InChI is InChI=1S/C28H35N5O4S/c1-19-16-27(3,4)32(17-19)25-21(26(34)31-38(35,36)22-9-7-6-8-20(22)2)10-11-23(29-25)33-15-12-24(30-33)37-18-28(5)13-14-28/h6-12,15,19H,13-14,16-18H2,1-5H3,(H,31,34)/t19-/m0/s1. The number of ether oxygens (including phenoxy) is 1. The first-order chi connectivity index (χ1) is 17.9. The maximum absolute atomic E-state index is 13.5. The molecule has 1 amide bonds. The van der Waals surface area contributed by atoms with Gasteiger partial charge in [0.2, 0.25) is 5.88 Å². The van der Waals surface area contributed by atoms with Crippen molar-refractivity contribution in [2.24, 2.45) is 11.3 Å². The zero-order chi connectivity index (χ0) is 27.3. The molecule has 2 fully saturated rings. The molecular formula is C28H35N5O4S. The van der Waals surface area contributed by atoms with E-state index in [-0.39, 0.29) is 21.4 Å². The van der Waals surface area contributed by atoms with Gasteiger partial charge in [-0.2, -0.15) is 0 Å². The molecule has 1 saturated carbocycles. The van der Waals surface area contributed by atoms with Crippen molar-refractivity contribution in [3.8, 4) is 11.7 Å². The second-order valence-electron chi connectivity index (χ2n) is 11.7. The number of nitrogens with zero attached hydrogens (tertiary/aromatic N) is 4. The number of aromatic nitrogens is 3. The summed E-state index contributed by atoms with van der Waals surface area (Å²) in [6, 6.07) is 11.7. The lowest BCUT2D eigenvalue weighted by atomic mass is 9.97. The minimum atomic E-state index is -4.07. The van der Waals surface area contributed by atoms with Gasteiger partial charge < -0.3 is 9.64 Å². The molecule has 0 unspecified atom stereocenters. The van der Waals surface area contributed by atoms with Crippen LogP contribution in [-0.2, 0) is 10.0 Å². The van der Waals surface area contributed by atoms with Crippen LogP contribution in [0.4, 0.5) is 5.82 Å². The Bertz CT molecular complexity index is 1480. The predicted octanol–water partition coefficient (Wildman–Crippen LogP) is 4.50. The molecule has 202 valence electrons. The molecule has 2 aliphatic rings. The molecule has 3 aromatic rings. The summed E-state index contributed by atoms with van der Waals surface area (Å²) in [4.78, 5) is 20.5. The molecule has 5 rings (SSSR count). The molecule has 1 aliphatic heterocycles. The summed E-state index contributed by atoms with van der Waals surface area (Å²) in [5.74, 6) is 1.12. The van der Waals surface area contributed by atoms with E-state index < -0.39 is 15.9 Å². The van der Waals surface area contributed by atoms with Crippen molar-refractivity contribution in [3.63, 3.8) is 0 Å². The molecular weight excluding hydrogens is 502 g/mol. The Labute approximate surface area is 224 Å². The van der Waals surface area contributed by atoms with Gasteiger partial charge in [0.15, 0.2) is 5.82 Å². The highest BCUT2D eigenvalue weighted by Gasteiger charge is 2.40. The molecule has 1 atom stereocenters. The van der Waals surface area contributed by atoms with Gasteiger partial charge in [-0.3, -0.25) is 4.79 Å². The largest absolute Gasteiger partial charge is 0.476 e. The summed E-state index contributed by atoms with van der Waals surface area (Å²) in [5, 5.41) is 4.53. The van der Waals surface area contributed by atoms with Crippen molar-refractivity contribution >= 4 is 21.7 Å². The van der Waals surface area contributed by atoms with Crippen molar-refractivity contribution in [1.82, 2.24) is 19.5 Å². The van der Waals surface area contributed by atoms with Gasteiger partial charge in [-0.1, -0.05) is 32.0 Å². The molecule has 3 heterocycles. The third-order valence-electron chi connectivity index (χ3n) is 7.52. The van der Waals surface area contributed by atoms with Crippen molar-refractivity contribution in [3.05, 3.63) is 59.8 Å². The molecule has 1 aliphatic carbocycles. The molecule has 1 saturated heterocycles. The van der Waals surface area contributed by atoms with Gasteiger partial charge in [0, 0.05) is 29.8 Å². The summed E-state index contributed by atoms with van der Waals surface area (Å²) < 4.78 is 35.9. The smallest absolute Gasteiger partial charge is 0.268 e. The molecule has 0 spiro atoms. The zero-order valence-electron chi connectivity index (χ0n) is 22.6. The van der Waals surface area contributed by atoms with Gasteiger partial charge in [0.1, 0.15) is 5.82 Å². The number of anilines is 1. The van der Waals surface area contributed by atoms with Gasteiger partial charge in [0.25, 0.3) is 15.9 Å². The lowest BCUT2D eigenvalue weighted by molar-refractivity contribution is 0.0981. The first-order valence-electron chi connectivity index (χ1n) is 13.0. The van der Waals surface area contributed by atoms with E-state index in [2.05, 4.69) is 42.4 Å². The number of hydrogen-bond donors (Lipinski definition) is 1. The molecule has 2 aromatic heterocycles. The van der Waals surface area contributed by atoms with Crippen LogP contribution in [0.3, 0.4) is 0 Å². The van der Waals surface area contributed by atoms with Gasteiger partial charge in [-0.05, 0) is 69.7 Å². The van der Waals surface area contributed by atoms with Crippen LogP contribution in [0.5, 0.6) is 5.88 Å². The van der Waals surface area contributed by atoms with Crippen LogP contribution in [0.2, 0.25) is 0 Å². The van der Waals surface area contributed by atoms with Crippen LogP contribution in [-0.4, -0.2) is 47.8 Å². The highest BCUT2D eigenvalue weighted by molar-refractivity contribution is 7.90. The number of aryl methyl sites for hydroxylation is 1. The van der Waals surface area contributed by atoms with E-state index in [1.54, 1.807) is 54.2 Å². The summed E-state index contributed by atoms with van der Waals surface area (Å²) in [7, 11) is -4.07. The quantitative estimate of drug-likeness (QED) is 0.451. The van der Waals surface area contributed by atoms with Crippen molar-refractivity contribution in [1.29, 1.82) is 0 Å². The Balaban J connectivity index is 1.48. The Kier molecular flexibility index (Phi) is 6.49. The van der Waals surface area contributed by atoms with Crippen molar-refractivity contribution in [2.75, 3.05) is 18.1 Å². The second kappa shape index (κ2) is 9.41. The fourth-order valence-electron chi connectivity index (χ4n) is 5.12. The number of rotatable bonds is 8. The average Bonchev–Trinajstić information content (AvgIpc) is 3.27. The molecule has 0 bridgehead atoms. The monoisotopic (exact) mass is 537 g/mol. The number of hydrogen-bond acceptors (Lipinski definition) is 7. The molecule has 10 heteroatoms. The van der Waals surface area contributed by atoms with Gasteiger partial charge in [-0.15, -0.1) is 5.10 Å². The number of carbonyl (C=O) groups is 1. The third kappa shape index (κ3) is 5.27. The molecule has 1 aromatic carbocycles. The van der Waals surface area contributed by atoms with Crippen LogP contribution >= 0.6 is 0 Å². The number of sulfonamides is 1. The first kappa shape index (κ1) is 26.2. The zero-order valence-corrected chi connectivity index (χ0v) is 23.4. The highest BCUT2D eigenvalue weighted by atomic mass is 32.2. The molecule has 9 nitrogen and oxygen atoms in total. The Hall–Kier alpha value is -3.40. The summed E-state index contributed by atoms with van der Waals surface area (Å²) >= 11 is 0. The van der Waals surface area contributed by atoms with E-state index >= 15 is 0 Å². The van der Waals surface area contributed by atoms with Crippen LogP contribution in [0.15, 0.2) is 53.6 Å². The number of carbonyl (C=O) groups excluding carboxylic acids is 1. The SMILES string of the molecule is Cc1ccccc1S(=O)(=O)NC(=O)c1ccc(-n2ccc(OCC3(C)CC3)n2)nc1N1C[C@@H](C)CC1(C)C. The Morgan fingerprint density at radius 2 is 1.87 bits per heavy atom. The number of pyridine rings is 1. The van der Waals surface area contributed by atoms with E-state index in [1.165, 1.54) is 6.07 Å². The molecule has 38 heavy (non-hydrogen) atoms. The minimum absolute atomic E-state index is 0.0683. The van der Waals surface area contributed by atoms with Crippen LogP contribution in [0, 0.1) is 18.3 Å². The van der Waals surface area contributed by atoms with Crippen LogP contribution < -0.4 is 14.4 Å². The van der Waals surface area contributed by atoms with Gasteiger partial charge in [-0.25, -0.2) is 22.8 Å². The number of amides is 1. The lowest BCUT2D eigenvalue weighted by Crippen LogP contribution is -2.41. The fraction of sp³-hybridized carbons (Fsp3) is 0.464. The van der Waals surface area contributed by atoms with Gasteiger partial charge in [0.05, 0.1) is 17.1 Å². The van der Waals surface area contributed by atoms with E-state index in [0.717, 1.165) is 19.3 Å². The predicted molar refractivity (Wildman–Crippen MR) is 145 cm³/mol. The first-order valence-corrected chi connectivity index (χ1v) is 14.5. The topological polar surface area (TPSA) is 106 Å². The van der Waals surface area contributed by atoms with E-state index in [4.69, 9.17) is 9.72 Å². The molecule has 1 N–H and O–H groups in total. The van der Waals surface area contributed by atoms with Gasteiger partial charge >= 0.3 is 0 Å². The second-order valence-corrected chi connectivity index (χ2v) is 13.3. The number of nitrogens with one attached hydrogen (secondary N) is 1. The van der Waals surface area contributed by atoms with E-state index in [0.29, 0.717) is 42.1 Å². The minimum Gasteiger partial charge on any atom is -0.476 e. The lowest BCUT2D eigenvalue weighted by Gasteiger charge is -2.34. The van der Waals surface area contributed by atoms with Crippen molar-refractivity contribution < 1.29 is 17.9 Å².